The second-order valence-corrected chi connectivity index (χ2v) is 5.99. The predicted octanol–water partition coefficient (Wildman–Crippen LogP) is 1.10. The van der Waals surface area contributed by atoms with Crippen LogP contribution in [0.4, 0.5) is 0 Å². The van der Waals surface area contributed by atoms with E-state index in [1.54, 1.807) is 18.4 Å². The molecule has 5 nitrogen and oxygen atoms in total. The van der Waals surface area contributed by atoms with Crippen molar-refractivity contribution >= 4 is 11.3 Å². The van der Waals surface area contributed by atoms with Gasteiger partial charge in [-0.3, -0.25) is 4.90 Å². The largest absolute Gasteiger partial charge is 0.378 e. The fourth-order valence-corrected chi connectivity index (χ4v) is 3.21. The van der Waals surface area contributed by atoms with Crippen LogP contribution < -0.4 is 0 Å². The Morgan fingerprint density at radius 2 is 2.11 bits per heavy atom. The van der Waals surface area contributed by atoms with E-state index in [4.69, 9.17) is 10.00 Å². The lowest BCUT2D eigenvalue weighted by Gasteiger charge is -2.31. The SMILES string of the molecule is COCc1nc(CN2CCN(C)CC2)sc1CC#N. The van der Waals surface area contributed by atoms with Gasteiger partial charge < -0.3 is 9.64 Å². The monoisotopic (exact) mass is 280 g/mol. The molecule has 0 aromatic carbocycles. The van der Waals surface area contributed by atoms with Gasteiger partial charge in [-0.25, -0.2) is 4.98 Å². The number of hydrogen-bond donors (Lipinski definition) is 0. The molecule has 0 aliphatic carbocycles. The Morgan fingerprint density at radius 3 is 2.74 bits per heavy atom. The number of rotatable bonds is 5. The van der Waals surface area contributed by atoms with Crippen molar-refractivity contribution in [3.63, 3.8) is 0 Å². The maximum absolute atomic E-state index is 8.84. The summed E-state index contributed by atoms with van der Waals surface area (Å²) in [5.74, 6) is 0. The molecule has 0 amide bonds. The van der Waals surface area contributed by atoms with E-state index in [2.05, 4.69) is 27.9 Å². The summed E-state index contributed by atoms with van der Waals surface area (Å²) in [6.07, 6.45) is 0.430. The molecule has 104 valence electrons. The molecule has 1 aliphatic heterocycles. The number of nitrogens with zero attached hydrogens (tertiary/aromatic N) is 4. The molecule has 1 saturated heterocycles. The number of ether oxygens (including phenoxy) is 1. The van der Waals surface area contributed by atoms with Crippen LogP contribution in [0.3, 0.4) is 0 Å². The molecule has 2 heterocycles. The smallest absolute Gasteiger partial charge is 0.107 e. The van der Waals surface area contributed by atoms with Crippen LogP contribution >= 0.6 is 11.3 Å². The number of nitriles is 1. The van der Waals surface area contributed by atoms with Crippen LogP contribution in [-0.4, -0.2) is 55.1 Å². The first-order valence-corrected chi connectivity index (χ1v) is 7.29. The van der Waals surface area contributed by atoms with Crippen LogP contribution in [0.1, 0.15) is 15.6 Å². The molecule has 6 heteroatoms. The van der Waals surface area contributed by atoms with Crippen molar-refractivity contribution in [1.29, 1.82) is 5.26 Å². The van der Waals surface area contributed by atoms with E-state index < -0.39 is 0 Å². The molecule has 0 N–H and O–H groups in total. The molecule has 2 rings (SSSR count). The lowest BCUT2D eigenvalue weighted by atomic mass is 10.3. The van der Waals surface area contributed by atoms with Gasteiger partial charge in [-0.2, -0.15) is 5.26 Å². The first kappa shape index (κ1) is 14.4. The highest BCUT2D eigenvalue weighted by Gasteiger charge is 2.17. The Labute approximate surface area is 118 Å². The van der Waals surface area contributed by atoms with Gasteiger partial charge in [-0.1, -0.05) is 0 Å². The summed E-state index contributed by atoms with van der Waals surface area (Å²) in [7, 11) is 3.82. The summed E-state index contributed by atoms with van der Waals surface area (Å²) in [5.41, 5.74) is 0.929. The molecule has 1 aromatic rings. The average Bonchev–Trinajstić information content (AvgIpc) is 2.75. The molecule has 0 spiro atoms. The summed E-state index contributed by atoms with van der Waals surface area (Å²) in [6.45, 7) is 5.78. The lowest BCUT2D eigenvalue weighted by Crippen LogP contribution is -2.43. The molecule has 0 unspecified atom stereocenters. The second kappa shape index (κ2) is 6.96. The third-order valence-electron chi connectivity index (χ3n) is 3.30. The van der Waals surface area contributed by atoms with E-state index in [9.17, 15) is 0 Å². The molecular formula is C13H20N4OS. The number of hydrogen-bond acceptors (Lipinski definition) is 6. The van der Waals surface area contributed by atoms with Crippen molar-refractivity contribution in [2.24, 2.45) is 0 Å². The summed E-state index contributed by atoms with van der Waals surface area (Å²) < 4.78 is 5.15. The van der Waals surface area contributed by atoms with Crippen molar-refractivity contribution in [2.75, 3.05) is 40.3 Å². The topological polar surface area (TPSA) is 52.4 Å². The normalized spacial score (nSPS) is 17.5. The predicted molar refractivity (Wildman–Crippen MR) is 74.9 cm³/mol. The summed E-state index contributed by atoms with van der Waals surface area (Å²) >= 11 is 1.65. The van der Waals surface area contributed by atoms with E-state index in [0.29, 0.717) is 13.0 Å². The average molecular weight is 280 g/mol. The zero-order valence-electron chi connectivity index (χ0n) is 11.6. The zero-order valence-corrected chi connectivity index (χ0v) is 12.4. The Hall–Kier alpha value is -1.00. The fourth-order valence-electron chi connectivity index (χ4n) is 2.16. The van der Waals surface area contributed by atoms with Crippen molar-refractivity contribution in [3.05, 3.63) is 15.6 Å². The molecule has 0 bridgehead atoms. The first-order valence-electron chi connectivity index (χ1n) is 6.47. The number of likely N-dealkylation sites (N-methyl/N-ethyl adjacent to an activating group) is 1. The van der Waals surface area contributed by atoms with Gasteiger partial charge in [0.2, 0.25) is 0 Å². The van der Waals surface area contributed by atoms with Gasteiger partial charge in [-0.05, 0) is 7.05 Å². The first-order chi connectivity index (χ1) is 9.22. The van der Waals surface area contributed by atoms with Gasteiger partial charge in [0.25, 0.3) is 0 Å². The highest BCUT2D eigenvalue weighted by atomic mass is 32.1. The highest BCUT2D eigenvalue weighted by Crippen LogP contribution is 2.21. The Bertz CT molecular complexity index is 446. The standard InChI is InChI=1S/C13H20N4OS/c1-16-5-7-17(8-6-16)9-13-15-11(10-18-2)12(19-13)3-4-14/h3,5-10H2,1-2H3. The Morgan fingerprint density at radius 1 is 1.37 bits per heavy atom. The van der Waals surface area contributed by atoms with Crippen molar-refractivity contribution in [3.8, 4) is 6.07 Å². The molecule has 0 atom stereocenters. The molecule has 1 aromatic heterocycles. The number of aromatic nitrogens is 1. The molecule has 0 radical (unpaired) electrons. The van der Waals surface area contributed by atoms with Gasteiger partial charge in [-0.15, -0.1) is 11.3 Å². The quantitative estimate of drug-likeness (QED) is 0.808. The van der Waals surface area contributed by atoms with Gasteiger partial charge in [0.05, 0.1) is 31.3 Å². The van der Waals surface area contributed by atoms with E-state index in [1.165, 1.54) is 0 Å². The van der Waals surface area contributed by atoms with E-state index >= 15 is 0 Å². The third-order valence-corrected chi connectivity index (χ3v) is 4.38. The van der Waals surface area contributed by atoms with E-state index in [0.717, 1.165) is 48.3 Å². The van der Waals surface area contributed by atoms with Gasteiger partial charge in [0.1, 0.15) is 5.01 Å². The molecular weight excluding hydrogens is 260 g/mol. The van der Waals surface area contributed by atoms with E-state index in [1.807, 2.05) is 0 Å². The number of thiazole rings is 1. The number of methoxy groups -OCH3 is 1. The van der Waals surface area contributed by atoms with Gasteiger partial charge in [0, 0.05) is 38.2 Å². The Balaban J connectivity index is 2.00. The van der Waals surface area contributed by atoms with Crippen LogP contribution in [0, 0.1) is 11.3 Å². The van der Waals surface area contributed by atoms with Gasteiger partial charge in [0.15, 0.2) is 0 Å². The number of piperazine rings is 1. The maximum Gasteiger partial charge on any atom is 0.107 e. The molecule has 19 heavy (non-hydrogen) atoms. The molecule has 0 saturated carbocycles. The minimum absolute atomic E-state index is 0.430. The van der Waals surface area contributed by atoms with Crippen LogP contribution in [0.25, 0.3) is 0 Å². The van der Waals surface area contributed by atoms with Crippen LogP contribution in [0.15, 0.2) is 0 Å². The minimum Gasteiger partial charge on any atom is -0.378 e. The highest BCUT2D eigenvalue weighted by molar-refractivity contribution is 7.11. The maximum atomic E-state index is 8.84. The summed E-state index contributed by atoms with van der Waals surface area (Å²) in [5, 5.41) is 9.94. The molecule has 1 aliphatic rings. The van der Waals surface area contributed by atoms with Crippen molar-refractivity contribution in [2.45, 2.75) is 19.6 Å². The van der Waals surface area contributed by atoms with Crippen LogP contribution in [0.5, 0.6) is 0 Å². The summed E-state index contributed by atoms with van der Waals surface area (Å²) in [6, 6.07) is 2.20. The zero-order chi connectivity index (χ0) is 13.7. The van der Waals surface area contributed by atoms with Crippen molar-refractivity contribution < 1.29 is 4.74 Å². The third kappa shape index (κ3) is 3.98. The second-order valence-electron chi connectivity index (χ2n) is 4.82. The van der Waals surface area contributed by atoms with Crippen molar-refractivity contribution in [1.82, 2.24) is 14.8 Å². The van der Waals surface area contributed by atoms with Crippen LogP contribution in [-0.2, 0) is 24.3 Å². The van der Waals surface area contributed by atoms with Crippen LogP contribution in [0.2, 0.25) is 0 Å². The van der Waals surface area contributed by atoms with Gasteiger partial charge >= 0.3 is 0 Å². The lowest BCUT2D eigenvalue weighted by molar-refractivity contribution is 0.147. The fraction of sp³-hybridized carbons (Fsp3) is 0.692. The molecule has 1 fully saturated rings. The minimum atomic E-state index is 0.430. The Kier molecular flexibility index (Phi) is 5.28. The van der Waals surface area contributed by atoms with E-state index in [-0.39, 0.29) is 0 Å². The summed E-state index contributed by atoms with van der Waals surface area (Å²) in [4.78, 5) is 10.4.